The summed E-state index contributed by atoms with van der Waals surface area (Å²) in [4.78, 5) is 20.9. The molecule has 0 atom stereocenters. The van der Waals surface area contributed by atoms with Crippen molar-refractivity contribution < 1.29 is 9.53 Å². The van der Waals surface area contributed by atoms with Crippen molar-refractivity contribution >= 4 is 5.91 Å². The molecule has 0 saturated carbocycles. The number of hydrogen-bond donors (Lipinski definition) is 0. The number of hydrogen-bond acceptors (Lipinski definition) is 4. The predicted molar refractivity (Wildman–Crippen MR) is 102 cm³/mol. The SMILES string of the molecule is Cc1ccc(C)c(OCCC(=O)N2CCN(Cc3cccnc3)CC2)c1. The van der Waals surface area contributed by atoms with E-state index in [4.69, 9.17) is 4.74 Å². The summed E-state index contributed by atoms with van der Waals surface area (Å²) in [6, 6.07) is 10.2. The van der Waals surface area contributed by atoms with Crippen molar-refractivity contribution in [3.8, 4) is 5.75 Å². The number of amides is 1. The number of carbonyl (C=O) groups excluding carboxylic acids is 1. The second-order valence-electron chi connectivity index (χ2n) is 6.89. The van der Waals surface area contributed by atoms with Gasteiger partial charge in [0.1, 0.15) is 5.75 Å². The maximum atomic E-state index is 12.4. The van der Waals surface area contributed by atoms with E-state index < -0.39 is 0 Å². The first-order valence-electron chi connectivity index (χ1n) is 9.21. The summed E-state index contributed by atoms with van der Waals surface area (Å²) in [5, 5.41) is 0. The van der Waals surface area contributed by atoms with E-state index in [1.807, 2.05) is 43.1 Å². The van der Waals surface area contributed by atoms with Gasteiger partial charge in [0.05, 0.1) is 13.0 Å². The van der Waals surface area contributed by atoms with Crippen molar-refractivity contribution in [1.82, 2.24) is 14.8 Å². The van der Waals surface area contributed by atoms with E-state index in [1.54, 1.807) is 6.20 Å². The number of aryl methyl sites for hydroxylation is 2. The number of carbonyl (C=O) groups is 1. The molecule has 0 unspecified atom stereocenters. The molecule has 0 spiro atoms. The van der Waals surface area contributed by atoms with Crippen LogP contribution in [-0.4, -0.2) is 53.5 Å². The molecule has 1 aliphatic rings. The number of aromatic nitrogens is 1. The highest BCUT2D eigenvalue weighted by atomic mass is 16.5. The van der Waals surface area contributed by atoms with Gasteiger partial charge in [-0.15, -0.1) is 0 Å². The topological polar surface area (TPSA) is 45.7 Å². The van der Waals surface area contributed by atoms with Crippen LogP contribution in [0.25, 0.3) is 0 Å². The van der Waals surface area contributed by atoms with Gasteiger partial charge in [0.2, 0.25) is 5.91 Å². The van der Waals surface area contributed by atoms with Crippen molar-refractivity contribution in [2.75, 3.05) is 32.8 Å². The third-order valence-corrected chi connectivity index (χ3v) is 4.77. The van der Waals surface area contributed by atoms with Crippen LogP contribution < -0.4 is 4.74 Å². The Morgan fingerprint density at radius 3 is 2.69 bits per heavy atom. The summed E-state index contributed by atoms with van der Waals surface area (Å²) in [6.07, 6.45) is 4.12. The van der Waals surface area contributed by atoms with Gasteiger partial charge in [-0.05, 0) is 42.7 Å². The molecule has 2 aromatic rings. The zero-order valence-electron chi connectivity index (χ0n) is 15.6. The van der Waals surface area contributed by atoms with Crippen LogP contribution in [0.1, 0.15) is 23.1 Å². The monoisotopic (exact) mass is 353 g/mol. The standard InChI is InChI=1S/C21H27N3O2/c1-17-5-6-18(2)20(14-17)26-13-7-21(25)24-11-9-23(10-12-24)16-19-4-3-8-22-15-19/h3-6,8,14-15H,7,9-13,16H2,1-2H3. The van der Waals surface area contributed by atoms with Gasteiger partial charge in [0.25, 0.3) is 0 Å². The van der Waals surface area contributed by atoms with Crippen molar-refractivity contribution in [1.29, 1.82) is 0 Å². The van der Waals surface area contributed by atoms with Gasteiger partial charge in [-0.1, -0.05) is 18.2 Å². The lowest BCUT2D eigenvalue weighted by molar-refractivity contribution is -0.133. The maximum absolute atomic E-state index is 12.4. The molecule has 1 aromatic heterocycles. The Kier molecular flexibility index (Phi) is 6.23. The summed E-state index contributed by atoms with van der Waals surface area (Å²) in [5.74, 6) is 1.05. The molecule has 26 heavy (non-hydrogen) atoms. The average molecular weight is 353 g/mol. The van der Waals surface area contributed by atoms with Gasteiger partial charge in [-0.2, -0.15) is 0 Å². The first kappa shape index (κ1) is 18.4. The highest BCUT2D eigenvalue weighted by molar-refractivity contribution is 5.76. The molecule has 0 bridgehead atoms. The lowest BCUT2D eigenvalue weighted by Crippen LogP contribution is -2.48. The largest absolute Gasteiger partial charge is 0.493 e. The Morgan fingerprint density at radius 2 is 1.96 bits per heavy atom. The molecule has 1 aromatic carbocycles. The Hall–Kier alpha value is -2.40. The molecular weight excluding hydrogens is 326 g/mol. The van der Waals surface area contributed by atoms with Crippen molar-refractivity contribution in [2.45, 2.75) is 26.8 Å². The number of rotatable bonds is 6. The van der Waals surface area contributed by atoms with Crippen molar-refractivity contribution in [3.05, 3.63) is 59.4 Å². The Morgan fingerprint density at radius 1 is 1.15 bits per heavy atom. The van der Waals surface area contributed by atoms with Crippen LogP contribution in [0.4, 0.5) is 0 Å². The molecule has 1 saturated heterocycles. The fourth-order valence-corrected chi connectivity index (χ4v) is 3.17. The molecule has 138 valence electrons. The number of nitrogens with zero attached hydrogens (tertiary/aromatic N) is 3. The van der Waals surface area contributed by atoms with Crippen LogP contribution in [0.15, 0.2) is 42.7 Å². The fraction of sp³-hybridized carbons (Fsp3) is 0.429. The minimum Gasteiger partial charge on any atom is -0.493 e. The number of pyridine rings is 1. The summed E-state index contributed by atoms with van der Waals surface area (Å²) in [7, 11) is 0. The molecule has 1 amide bonds. The van der Waals surface area contributed by atoms with Crippen LogP contribution in [0.2, 0.25) is 0 Å². The molecule has 1 fully saturated rings. The Bertz CT molecular complexity index is 725. The van der Waals surface area contributed by atoms with Crippen LogP contribution in [0.3, 0.4) is 0 Å². The van der Waals surface area contributed by atoms with Gasteiger partial charge >= 0.3 is 0 Å². The van der Waals surface area contributed by atoms with Gasteiger partial charge in [-0.3, -0.25) is 14.7 Å². The number of piperazine rings is 1. The van der Waals surface area contributed by atoms with E-state index in [0.717, 1.165) is 44.0 Å². The maximum Gasteiger partial charge on any atom is 0.226 e. The molecule has 5 nitrogen and oxygen atoms in total. The second-order valence-corrected chi connectivity index (χ2v) is 6.89. The lowest BCUT2D eigenvalue weighted by Gasteiger charge is -2.34. The quantitative estimate of drug-likeness (QED) is 0.801. The van der Waals surface area contributed by atoms with Crippen LogP contribution in [0, 0.1) is 13.8 Å². The normalized spacial score (nSPS) is 15.1. The van der Waals surface area contributed by atoms with E-state index in [2.05, 4.69) is 22.0 Å². The van der Waals surface area contributed by atoms with E-state index >= 15 is 0 Å². The second kappa shape index (κ2) is 8.81. The van der Waals surface area contributed by atoms with Crippen LogP contribution >= 0.6 is 0 Å². The molecule has 0 aliphatic carbocycles. The average Bonchev–Trinajstić information content (AvgIpc) is 2.66. The first-order chi connectivity index (χ1) is 12.6. The molecule has 0 radical (unpaired) electrons. The van der Waals surface area contributed by atoms with Gasteiger partial charge in [0.15, 0.2) is 0 Å². The van der Waals surface area contributed by atoms with E-state index in [0.29, 0.717) is 13.0 Å². The van der Waals surface area contributed by atoms with Crippen LogP contribution in [0.5, 0.6) is 5.75 Å². The van der Waals surface area contributed by atoms with E-state index in [9.17, 15) is 4.79 Å². The van der Waals surface area contributed by atoms with Gasteiger partial charge < -0.3 is 9.64 Å². The molecule has 2 heterocycles. The molecular formula is C21H27N3O2. The third-order valence-electron chi connectivity index (χ3n) is 4.77. The van der Waals surface area contributed by atoms with Crippen molar-refractivity contribution in [3.63, 3.8) is 0 Å². The first-order valence-corrected chi connectivity index (χ1v) is 9.21. The third kappa shape index (κ3) is 5.05. The molecule has 0 N–H and O–H groups in total. The smallest absolute Gasteiger partial charge is 0.226 e. The van der Waals surface area contributed by atoms with Crippen molar-refractivity contribution in [2.24, 2.45) is 0 Å². The summed E-state index contributed by atoms with van der Waals surface area (Å²) in [6.45, 7) is 8.76. The summed E-state index contributed by atoms with van der Waals surface area (Å²) in [5.41, 5.74) is 3.49. The minimum atomic E-state index is 0.177. The molecule has 5 heteroatoms. The zero-order valence-corrected chi connectivity index (χ0v) is 15.6. The Labute approximate surface area is 155 Å². The predicted octanol–water partition coefficient (Wildman–Crippen LogP) is 2.81. The summed E-state index contributed by atoms with van der Waals surface area (Å²) >= 11 is 0. The Balaban J connectivity index is 1.40. The van der Waals surface area contributed by atoms with Crippen LogP contribution in [-0.2, 0) is 11.3 Å². The highest BCUT2D eigenvalue weighted by Crippen LogP contribution is 2.19. The van der Waals surface area contributed by atoms with E-state index in [1.165, 1.54) is 11.1 Å². The van der Waals surface area contributed by atoms with E-state index in [-0.39, 0.29) is 5.91 Å². The fourth-order valence-electron chi connectivity index (χ4n) is 3.17. The van der Waals surface area contributed by atoms with Gasteiger partial charge in [0, 0.05) is 45.1 Å². The summed E-state index contributed by atoms with van der Waals surface area (Å²) < 4.78 is 5.81. The highest BCUT2D eigenvalue weighted by Gasteiger charge is 2.21. The number of ether oxygens (including phenoxy) is 1. The zero-order chi connectivity index (χ0) is 18.4. The van der Waals surface area contributed by atoms with Gasteiger partial charge in [-0.25, -0.2) is 0 Å². The minimum absolute atomic E-state index is 0.177. The lowest BCUT2D eigenvalue weighted by atomic mass is 10.1. The number of benzene rings is 1. The molecule has 3 rings (SSSR count). The molecule has 1 aliphatic heterocycles.